The molecule has 3 aliphatic rings. The predicted molar refractivity (Wildman–Crippen MR) is 109 cm³/mol. The van der Waals surface area contributed by atoms with E-state index < -0.39 is 0 Å². The number of morpholine rings is 1. The molecule has 144 valence electrons. The topological polar surface area (TPSA) is 61.5 Å². The summed E-state index contributed by atoms with van der Waals surface area (Å²) in [5.74, 6) is 8.71. The van der Waals surface area contributed by atoms with Gasteiger partial charge < -0.3 is 14.5 Å². The zero-order valence-corrected chi connectivity index (χ0v) is 16.0. The number of ether oxygens (including phenoxy) is 1. The van der Waals surface area contributed by atoms with Gasteiger partial charge >= 0.3 is 0 Å². The zero-order chi connectivity index (χ0) is 19.1. The van der Waals surface area contributed by atoms with Crippen molar-refractivity contribution >= 4 is 11.8 Å². The second-order valence-corrected chi connectivity index (χ2v) is 7.89. The molecule has 2 aromatic rings. The summed E-state index contributed by atoms with van der Waals surface area (Å²) in [6.45, 7) is 5.02. The van der Waals surface area contributed by atoms with Crippen LogP contribution < -0.4 is 15.4 Å². The molecule has 2 aliphatic heterocycles. The quantitative estimate of drug-likeness (QED) is 0.823. The van der Waals surface area contributed by atoms with Crippen molar-refractivity contribution in [2.24, 2.45) is 11.8 Å². The molecule has 6 nitrogen and oxygen atoms in total. The summed E-state index contributed by atoms with van der Waals surface area (Å²) in [6.07, 6.45) is 1.04. The van der Waals surface area contributed by atoms with Crippen LogP contribution in [0.2, 0.25) is 0 Å². The van der Waals surface area contributed by atoms with E-state index in [2.05, 4.69) is 50.9 Å². The number of benzene rings is 1. The van der Waals surface area contributed by atoms with Crippen molar-refractivity contribution < 1.29 is 4.74 Å². The Kier molecular flexibility index (Phi) is 4.33. The van der Waals surface area contributed by atoms with Gasteiger partial charge in [0, 0.05) is 25.7 Å². The fourth-order valence-electron chi connectivity index (χ4n) is 4.46. The summed E-state index contributed by atoms with van der Waals surface area (Å²) in [5.41, 5.74) is 1.17. The first-order chi connectivity index (χ1) is 13.7. The van der Waals surface area contributed by atoms with Gasteiger partial charge in [0.15, 0.2) is 0 Å². The zero-order valence-electron chi connectivity index (χ0n) is 16.0. The van der Waals surface area contributed by atoms with Gasteiger partial charge in [-0.15, -0.1) is 0 Å². The van der Waals surface area contributed by atoms with Crippen LogP contribution in [-0.4, -0.2) is 48.4 Å². The number of hydrogen-bond acceptors (Lipinski definition) is 5. The average Bonchev–Trinajstić information content (AvgIpc) is 2.91. The van der Waals surface area contributed by atoms with E-state index in [-0.39, 0.29) is 17.7 Å². The molecular formula is C22H24N4O2. The van der Waals surface area contributed by atoms with E-state index in [0.29, 0.717) is 24.4 Å². The SMILES string of the molecule is C[C@@H]1CN(c2cc(=O)[nH]c(N3C[C@@H]4C#C[C@@H]4[C@H]3Cc3ccccc3)n2)CCO1. The fraction of sp³-hybridized carbons (Fsp3) is 0.455. The molecule has 1 aromatic carbocycles. The van der Waals surface area contributed by atoms with E-state index in [9.17, 15) is 4.79 Å². The smallest absolute Gasteiger partial charge is 0.254 e. The minimum absolute atomic E-state index is 0.113. The average molecular weight is 376 g/mol. The summed E-state index contributed by atoms with van der Waals surface area (Å²) in [7, 11) is 0. The third kappa shape index (κ3) is 3.16. The van der Waals surface area contributed by atoms with Crippen molar-refractivity contribution in [3.63, 3.8) is 0 Å². The van der Waals surface area contributed by atoms with Crippen LogP contribution in [0.1, 0.15) is 12.5 Å². The second kappa shape index (κ2) is 6.99. The van der Waals surface area contributed by atoms with E-state index in [0.717, 1.165) is 31.9 Å². The number of H-pyrrole nitrogens is 1. The molecule has 1 N–H and O–H groups in total. The molecule has 1 aromatic heterocycles. The van der Waals surface area contributed by atoms with E-state index in [1.807, 2.05) is 13.0 Å². The summed E-state index contributed by atoms with van der Waals surface area (Å²) < 4.78 is 5.63. The molecule has 2 fully saturated rings. The molecule has 0 bridgehead atoms. The number of nitrogens with one attached hydrogen (secondary N) is 1. The maximum Gasteiger partial charge on any atom is 0.254 e. The van der Waals surface area contributed by atoms with Gasteiger partial charge in [0.1, 0.15) is 5.82 Å². The van der Waals surface area contributed by atoms with Gasteiger partial charge in [-0.1, -0.05) is 42.2 Å². The van der Waals surface area contributed by atoms with Crippen LogP contribution in [0, 0.1) is 23.7 Å². The van der Waals surface area contributed by atoms with Gasteiger partial charge in [0.25, 0.3) is 5.56 Å². The monoisotopic (exact) mass is 376 g/mol. The van der Waals surface area contributed by atoms with Crippen molar-refractivity contribution in [3.05, 3.63) is 52.3 Å². The molecule has 4 atom stereocenters. The lowest BCUT2D eigenvalue weighted by atomic mass is 9.82. The van der Waals surface area contributed by atoms with Crippen LogP contribution in [0.4, 0.5) is 11.8 Å². The maximum absolute atomic E-state index is 12.4. The molecule has 5 rings (SSSR count). The van der Waals surface area contributed by atoms with E-state index >= 15 is 0 Å². The summed E-state index contributed by atoms with van der Waals surface area (Å²) in [4.78, 5) is 24.6. The lowest BCUT2D eigenvalue weighted by molar-refractivity contribution is 0.0529. The highest BCUT2D eigenvalue weighted by Gasteiger charge is 2.44. The molecule has 0 saturated carbocycles. The van der Waals surface area contributed by atoms with Crippen LogP contribution in [-0.2, 0) is 11.2 Å². The van der Waals surface area contributed by atoms with Gasteiger partial charge in [-0.25, -0.2) is 0 Å². The number of anilines is 2. The molecule has 6 heteroatoms. The molecule has 0 unspecified atom stereocenters. The van der Waals surface area contributed by atoms with Crippen LogP contribution >= 0.6 is 0 Å². The van der Waals surface area contributed by atoms with E-state index in [1.54, 1.807) is 6.07 Å². The highest BCUT2D eigenvalue weighted by molar-refractivity contribution is 5.49. The third-order valence-corrected chi connectivity index (χ3v) is 5.92. The Morgan fingerprint density at radius 1 is 1.25 bits per heavy atom. The maximum atomic E-state index is 12.4. The number of hydrogen-bond donors (Lipinski definition) is 1. The predicted octanol–water partition coefficient (Wildman–Crippen LogP) is 1.68. The lowest BCUT2D eigenvalue weighted by Gasteiger charge is -2.33. The van der Waals surface area contributed by atoms with Crippen LogP contribution in [0.15, 0.2) is 41.2 Å². The molecule has 0 spiro atoms. The molecular weight excluding hydrogens is 352 g/mol. The molecule has 28 heavy (non-hydrogen) atoms. The van der Waals surface area contributed by atoms with Crippen molar-refractivity contribution in [3.8, 4) is 11.8 Å². The van der Waals surface area contributed by atoms with E-state index in [4.69, 9.17) is 9.72 Å². The number of aromatic nitrogens is 2. The first-order valence-corrected chi connectivity index (χ1v) is 9.97. The first-order valence-electron chi connectivity index (χ1n) is 9.97. The third-order valence-electron chi connectivity index (χ3n) is 5.92. The van der Waals surface area contributed by atoms with Gasteiger partial charge in [0.05, 0.1) is 30.6 Å². The Morgan fingerprint density at radius 3 is 2.86 bits per heavy atom. The van der Waals surface area contributed by atoms with Gasteiger partial charge in [-0.05, 0) is 18.9 Å². The number of nitrogens with zero attached hydrogens (tertiary/aromatic N) is 3. The Morgan fingerprint density at radius 2 is 2.11 bits per heavy atom. The highest BCUT2D eigenvalue weighted by Crippen LogP contribution is 2.37. The van der Waals surface area contributed by atoms with Crippen molar-refractivity contribution in [1.82, 2.24) is 9.97 Å². The number of rotatable bonds is 4. The number of fused-ring (bicyclic) bond motifs is 1. The molecule has 0 radical (unpaired) electrons. The lowest BCUT2D eigenvalue weighted by Crippen LogP contribution is -2.42. The van der Waals surface area contributed by atoms with Gasteiger partial charge in [-0.3, -0.25) is 9.78 Å². The van der Waals surface area contributed by atoms with Gasteiger partial charge in [-0.2, -0.15) is 4.98 Å². The molecule has 3 heterocycles. The molecule has 2 saturated heterocycles. The Hall–Kier alpha value is -2.78. The minimum Gasteiger partial charge on any atom is -0.375 e. The Labute approximate surface area is 164 Å². The Bertz CT molecular complexity index is 977. The van der Waals surface area contributed by atoms with Crippen molar-refractivity contribution in [2.75, 3.05) is 36.0 Å². The highest BCUT2D eigenvalue weighted by atomic mass is 16.5. The Balaban J connectivity index is 1.45. The van der Waals surface area contributed by atoms with Crippen molar-refractivity contribution in [1.29, 1.82) is 0 Å². The fourth-order valence-corrected chi connectivity index (χ4v) is 4.46. The first kappa shape index (κ1) is 17.3. The van der Waals surface area contributed by atoms with Crippen LogP contribution in [0.5, 0.6) is 0 Å². The summed E-state index contributed by atoms with van der Waals surface area (Å²) in [6, 6.07) is 12.3. The summed E-state index contributed by atoms with van der Waals surface area (Å²) in [5, 5.41) is 0. The van der Waals surface area contributed by atoms with E-state index in [1.165, 1.54) is 5.56 Å². The van der Waals surface area contributed by atoms with Crippen LogP contribution in [0.25, 0.3) is 0 Å². The standard InChI is InChI=1S/C22H24N4O2/c1-15-13-25(9-10-28-15)20-12-21(27)24-22(23-20)26-14-17-7-8-18(17)19(26)11-16-5-3-2-4-6-16/h2-6,12,15,17-19H,9-11,13-14H2,1H3,(H,23,24,27)/t15-,17+,18+,19-/m1/s1. The summed E-state index contributed by atoms with van der Waals surface area (Å²) >= 11 is 0. The molecule has 1 aliphatic carbocycles. The number of aromatic amines is 1. The van der Waals surface area contributed by atoms with Gasteiger partial charge in [0.2, 0.25) is 5.95 Å². The molecule has 0 amide bonds. The largest absolute Gasteiger partial charge is 0.375 e. The van der Waals surface area contributed by atoms with Crippen LogP contribution in [0.3, 0.4) is 0 Å². The second-order valence-electron chi connectivity index (χ2n) is 7.89. The normalized spacial score (nSPS) is 28.3. The minimum atomic E-state index is -0.113. The van der Waals surface area contributed by atoms with Crippen molar-refractivity contribution in [2.45, 2.75) is 25.5 Å².